The molecule has 0 fully saturated rings. The molecule has 0 saturated heterocycles. The molecule has 0 aliphatic rings. The second-order valence-corrected chi connectivity index (χ2v) is 3.64. The minimum Gasteiger partial charge on any atom is -0.497 e. The molecule has 1 amide bonds. The molecule has 2 aromatic rings. The Kier molecular flexibility index (Phi) is 3.48. The van der Waals surface area contributed by atoms with Gasteiger partial charge in [0, 0.05) is 0 Å². The number of benzene rings is 2. The van der Waals surface area contributed by atoms with Gasteiger partial charge in [-0.2, -0.15) is 0 Å². The molecular formula is C14H13NO3. The van der Waals surface area contributed by atoms with Crippen molar-refractivity contribution in [2.24, 2.45) is 5.73 Å². The van der Waals surface area contributed by atoms with Gasteiger partial charge in [0.2, 0.25) is 0 Å². The van der Waals surface area contributed by atoms with E-state index in [0.717, 1.165) is 5.75 Å². The third kappa shape index (κ3) is 2.60. The molecular weight excluding hydrogens is 230 g/mol. The van der Waals surface area contributed by atoms with Crippen molar-refractivity contribution in [3.8, 4) is 17.2 Å². The third-order valence-corrected chi connectivity index (χ3v) is 2.44. The van der Waals surface area contributed by atoms with Gasteiger partial charge >= 0.3 is 0 Å². The largest absolute Gasteiger partial charge is 0.497 e. The fourth-order valence-corrected chi connectivity index (χ4v) is 1.53. The van der Waals surface area contributed by atoms with Crippen molar-refractivity contribution in [1.82, 2.24) is 0 Å². The van der Waals surface area contributed by atoms with Gasteiger partial charge in [-0.1, -0.05) is 12.1 Å². The van der Waals surface area contributed by atoms with Crippen LogP contribution in [0.1, 0.15) is 10.4 Å². The summed E-state index contributed by atoms with van der Waals surface area (Å²) in [4.78, 5) is 11.2. The molecule has 0 spiro atoms. The Bertz CT molecular complexity index is 549. The number of carbonyl (C=O) groups excluding carboxylic acids is 1. The number of ether oxygens (including phenoxy) is 2. The van der Waals surface area contributed by atoms with Gasteiger partial charge in [-0.3, -0.25) is 4.79 Å². The highest BCUT2D eigenvalue weighted by Crippen LogP contribution is 2.26. The molecule has 2 rings (SSSR count). The lowest BCUT2D eigenvalue weighted by molar-refractivity contribution is 0.0998. The maximum atomic E-state index is 11.2. The first-order valence-electron chi connectivity index (χ1n) is 5.41. The summed E-state index contributed by atoms with van der Waals surface area (Å²) in [7, 11) is 1.60. The van der Waals surface area contributed by atoms with Crippen LogP contribution in [0.2, 0.25) is 0 Å². The van der Waals surface area contributed by atoms with Gasteiger partial charge in [-0.25, -0.2) is 0 Å². The van der Waals surface area contributed by atoms with Crippen LogP contribution in [0.4, 0.5) is 0 Å². The monoisotopic (exact) mass is 243 g/mol. The molecule has 0 heterocycles. The molecule has 92 valence electrons. The molecule has 4 heteroatoms. The lowest BCUT2D eigenvalue weighted by atomic mass is 10.2. The van der Waals surface area contributed by atoms with E-state index in [4.69, 9.17) is 15.2 Å². The first-order valence-corrected chi connectivity index (χ1v) is 5.41. The van der Waals surface area contributed by atoms with Gasteiger partial charge in [0.15, 0.2) is 0 Å². The molecule has 4 nitrogen and oxygen atoms in total. The van der Waals surface area contributed by atoms with Crippen molar-refractivity contribution in [3.63, 3.8) is 0 Å². The average Bonchev–Trinajstić information content (AvgIpc) is 2.40. The Balaban J connectivity index is 2.25. The van der Waals surface area contributed by atoms with Gasteiger partial charge in [0.25, 0.3) is 5.91 Å². The van der Waals surface area contributed by atoms with Crippen molar-refractivity contribution >= 4 is 5.91 Å². The summed E-state index contributed by atoms with van der Waals surface area (Å²) in [6.45, 7) is 0. The fraction of sp³-hybridized carbons (Fsp3) is 0.0714. The van der Waals surface area contributed by atoms with Crippen LogP contribution in [0.3, 0.4) is 0 Å². The smallest absolute Gasteiger partial charge is 0.252 e. The number of primary amides is 1. The number of nitrogens with two attached hydrogens (primary N) is 1. The maximum Gasteiger partial charge on any atom is 0.252 e. The van der Waals surface area contributed by atoms with E-state index < -0.39 is 5.91 Å². The molecule has 0 radical (unpaired) electrons. The predicted octanol–water partition coefficient (Wildman–Crippen LogP) is 2.59. The summed E-state index contributed by atoms with van der Waals surface area (Å²) < 4.78 is 10.7. The van der Waals surface area contributed by atoms with Crippen molar-refractivity contribution in [3.05, 3.63) is 54.1 Å². The first kappa shape index (κ1) is 12.0. The Hall–Kier alpha value is -2.49. The second-order valence-electron chi connectivity index (χ2n) is 3.64. The summed E-state index contributed by atoms with van der Waals surface area (Å²) in [5, 5.41) is 0. The number of hydrogen-bond donors (Lipinski definition) is 1. The zero-order valence-corrected chi connectivity index (χ0v) is 9.92. The van der Waals surface area contributed by atoms with Crippen molar-refractivity contribution in [2.75, 3.05) is 7.11 Å². The van der Waals surface area contributed by atoms with E-state index in [-0.39, 0.29) is 0 Å². The number of methoxy groups -OCH3 is 1. The summed E-state index contributed by atoms with van der Waals surface area (Å²) in [6, 6.07) is 13.9. The van der Waals surface area contributed by atoms with Crippen LogP contribution >= 0.6 is 0 Å². The van der Waals surface area contributed by atoms with E-state index in [1.54, 1.807) is 55.6 Å². The summed E-state index contributed by atoms with van der Waals surface area (Å²) in [5.41, 5.74) is 5.63. The van der Waals surface area contributed by atoms with Gasteiger partial charge in [-0.05, 0) is 36.4 Å². The van der Waals surface area contributed by atoms with Gasteiger partial charge < -0.3 is 15.2 Å². The summed E-state index contributed by atoms with van der Waals surface area (Å²) >= 11 is 0. The lowest BCUT2D eigenvalue weighted by Gasteiger charge is -2.09. The van der Waals surface area contributed by atoms with Gasteiger partial charge in [0.1, 0.15) is 17.2 Å². The normalized spacial score (nSPS) is 9.83. The molecule has 0 aliphatic carbocycles. The highest BCUT2D eigenvalue weighted by molar-refractivity contribution is 5.95. The number of carbonyl (C=O) groups is 1. The van der Waals surface area contributed by atoms with E-state index >= 15 is 0 Å². The van der Waals surface area contributed by atoms with E-state index in [1.807, 2.05) is 0 Å². The number of rotatable bonds is 4. The Morgan fingerprint density at radius 2 is 1.61 bits per heavy atom. The molecule has 0 bridgehead atoms. The molecule has 18 heavy (non-hydrogen) atoms. The minimum atomic E-state index is -0.515. The van der Waals surface area contributed by atoms with Crippen LogP contribution < -0.4 is 15.2 Å². The zero-order valence-electron chi connectivity index (χ0n) is 9.92. The molecule has 0 unspecified atom stereocenters. The third-order valence-electron chi connectivity index (χ3n) is 2.44. The Morgan fingerprint density at radius 1 is 1.00 bits per heavy atom. The van der Waals surface area contributed by atoms with Gasteiger partial charge in [-0.15, -0.1) is 0 Å². The first-order chi connectivity index (χ1) is 8.70. The predicted molar refractivity (Wildman–Crippen MR) is 68.0 cm³/mol. The van der Waals surface area contributed by atoms with Crippen molar-refractivity contribution in [1.29, 1.82) is 0 Å². The average molecular weight is 243 g/mol. The second kappa shape index (κ2) is 5.23. The van der Waals surface area contributed by atoms with Crippen LogP contribution in [0.25, 0.3) is 0 Å². The lowest BCUT2D eigenvalue weighted by Crippen LogP contribution is -2.11. The van der Waals surface area contributed by atoms with Crippen molar-refractivity contribution < 1.29 is 14.3 Å². The SMILES string of the molecule is COc1ccc(Oc2ccccc2C(N)=O)cc1. The summed E-state index contributed by atoms with van der Waals surface area (Å²) in [5.74, 6) is 1.28. The van der Waals surface area contributed by atoms with Gasteiger partial charge in [0.05, 0.1) is 12.7 Å². The molecule has 0 atom stereocenters. The Morgan fingerprint density at radius 3 is 2.22 bits per heavy atom. The van der Waals surface area contributed by atoms with E-state index in [1.165, 1.54) is 0 Å². The molecule has 0 aliphatic heterocycles. The molecule has 0 aromatic heterocycles. The standard InChI is InChI=1S/C14H13NO3/c1-17-10-6-8-11(9-7-10)18-13-5-3-2-4-12(13)14(15)16/h2-9H,1H3,(H2,15,16). The van der Waals surface area contributed by atoms with Crippen molar-refractivity contribution in [2.45, 2.75) is 0 Å². The molecule has 2 aromatic carbocycles. The minimum absolute atomic E-state index is 0.355. The van der Waals surface area contributed by atoms with E-state index in [9.17, 15) is 4.79 Å². The van der Waals surface area contributed by atoms with Crippen LogP contribution in [0.15, 0.2) is 48.5 Å². The highest BCUT2D eigenvalue weighted by atomic mass is 16.5. The van der Waals surface area contributed by atoms with E-state index in [0.29, 0.717) is 17.1 Å². The topological polar surface area (TPSA) is 61.6 Å². The van der Waals surface area contributed by atoms with E-state index in [2.05, 4.69) is 0 Å². The Labute approximate surface area is 105 Å². The van der Waals surface area contributed by atoms with Crippen LogP contribution in [-0.2, 0) is 0 Å². The number of hydrogen-bond acceptors (Lipinski definition) is 3. The van der Waals surface area contributed by atoms with Crippen LogP contribution in [-0.4, -0.2) is 13.0 Å². The van der Waals surface area contributed by atoms with Crippen LogP contribution in [0, 0.1) is 0 Å². The quantitative estimate of drug-likeness (QED) is 0.897. The number of amides is 1. The zero-order chi connectivity index (χ0) is 13.0. The maximum absolute atomic E-state index is 11.2. The summed E-state index contributed by atoms with van der Waals surface area (Å²) in [6.07, 6.45) is 0. The fourth-order valence-electron chi connectivity index (χ4n) is 1.53. The molecule has 0 saturated carbocycles. The van der Waals surface area contributed by atoms with Crippen LogP contribution in [0.5, 0.6) is 17.2 Å². The molecule has 2 N–H and O–H groups in total. The highest BCUT2D eigenvalue weighted by Gasteiger charge is 2.08. The number of para-hydroxylation sites is 1.